The summed E-state index contributed by atoms with van der Waals surface area (Å²) < 4.78 is 5.14. The van der Waals surface area contributed by atoms with E-state index >= 15 is 0 Å². The van der Waals surface area contributed by atoms with E-state index < -0.39 is 0 Å². The molecule has 0 fully saturated rings. The topological polar surface area (TPSA) is 61.3 Å². The molecule has 70 valence electrons. The number of anilines is 1. The summed E-state index contributed by atoms with van der Waals surface area (Å²) in [6.45, 7) is 3.62. The van der Waals surface area contributed by atoms with E-state index in [0.29, 0.717) is 11.4 Å². The van der Waals surface area contributed by atoms with Crippen LogP contribution in [0.3, 0.4) is 0 Å². The van der Waals surface area contributed by atoms with E-state index in [4.69, 9.17) is 16.2 Å². The molecule has 1 atom stereocenters. The Morgan fingerprint density at radius 2 is 2.23 bits per heavy atom. The van der Waals surface area contributed by atoms with Gasteiger partial charge in [0, 0.05) is 17.3 Å². The fourth-order valence-electron chi connectivity index (χ4n) is 1.13. The maximum atomic E-state index is 5.78. The minimum Gasteiger partial charge on any atom is -0.496 e. The molecule has 3 heteroatoms. The van der Waals surface area contributed by atoms with Gasteiger partial charge in [-0.3, -0.25) is 0 Å². The number of nitrogens with two attached hydrogens (primary N) is 2. The minimum atomic E-state index is -0.212. The molecular weight excluding hydrogens is 164 g/mol. The number of nitrogen functional groups attached to an aromatic ring is 1. The molecule has 0 saturated carbocycles. The van der Waals surface area contributed by atoms with Crippen molar-refractivity contribution in [2.45, 2.75) is 6.04 Å². The zero-order chi connectivity index (χ0) is 9.84. The molecule has 3 nitrogen and oxygen atoms in total. The first kappa shape index (κ1) is 9.61. The average Bonchev–Trinajstić information content (AvgIpc) is 2.16. The second-order valence-electron chi connectivity index (χ2n) is 2.76. The molecule has 0 aromatic heterocycles. The first-order chi connectivity index (χ1) is 6.19. The fraction of sp³-hybridized carbons (Fsp3) is 0.200. The van der Waals surface area contributed by atoms with Gasteiger partial charge in [0.25, 0.3) is 0 Å². The molecule has 13 heavy (non-hydrogen) atoms. The number of ether oxygens (including phenoxy) is 1. The predicted octanol–water partition coefficient (Wildman–Crippen LogP) is 1.46. The van der Waals surface area contributed by atoms with Crippen molar-refractivity contribution in [2.24, 2.45) is 5.73 Å². The predicted molar refractivity (Wildman–Crippen MR) is 54.5 cm³/mol. The molecule has 4 N–H and O–H groups in total. The third kappa shape index (κ3) is 2.00. The van der Waals surface area contributed by atoms with Gasteiger partial charge in [0.1, 0.15) is 5.75 Å². The van der Waals surface area contributed by atoms with Gasteiger partial charge in [-0.2, -0.15) is 0 Å². The van der Waals surface area contributed by atoms with Crippen molar-refractivity contribution in [3.05, 3.63) is 36.4 Å². The van der Waals surface area contributed by atoms with Gasteiger partial charge in [0.05, 0.1) is 13.2 Å². The van der Waals surface area contributed by atoms with Gasteiger partial charge < -0.3 is 16.2 Å². The van der Waals surface area contributed by atoms with Gasteiger partial charge in [-0.25, -0.2) is 0 Å². The Morgan fingerprint density at radius 1 is 1.54 bits per heavy atom. The molecule has 0 aliphatic carbocycles. The molecule has 1 rings (SSSR count). The summed E-state index contributed by atoms with van der Waals surface area (Å²) in [6, 6.07) is 5.18. The molecule has 0 spiro atoms. The molecule has 0 bridgehead atoms. The van der Waals surface area contributed by atoms with E-state index in [2.05, 4.69) is 6.58 Å². The Hall–Kier alpha value is -1.48. The van der Waals surface area contributed by atoms with Gasteiger partial charge in [-0.05, 0) is 6.07 Å². The van der Waals surface area contributed by atoms with Gasteiger partial charge >= 0.3 is 0 Å². The van der Waals surface area contributed by atoms with Crippen LogP contribution < -0.4 is 16.2 Å². The monoisotopic (exact) mass is 178 g/mol. The average molecular weight is 178 g/mol. The van der Waals surface area contributed by atoms with Crippen molar-refractivity contribution in [1.29, 1.82) is 0 Å². The number of hydrogen-bond donors (Lipinski definition) is 2. The quantitative estimate of drug-likeness (QED) is 0.544. The van der Waals surface area contributed by atoms with Crippen LogP contribution in [0.2, 0.25) is 0 Å². The molecule has 0 amide bonds. The van der Waals surface area contributed by atoms with Crippen LogP contribution in [0.4, 0.5) is 5.69 Å². The molecule has 0 aliphatic heterocycles. The summed E-state index contributed by atoms with van der Waals surface area (Å²) in [5, 5.41) is 0. The summed E-state index contributed by atoms with van der Waals surface area (Å²) >= 11 is 0. The zero-order valence-electron chi connectivity index (χ0n) is 7.66. The smallest absolute Gasteiger partial charge is 0.126 e. The lowest BCUT2D eigenvalue weighted by atomic mass is 10.1. The number of benzene rings is 1. The highest BCUT2D eigenvalue weighted by atomic mass is 16.5. The maximum absolute atomic E-state index is 5.78. The van der Waals surface area contributed by atoms with Crippen molar-refractivity contribution in [3.8, 4) is 5.75 Å². The van der Waals surface area contributed by atoms with E-state index in [1.807, 2.05) is 6.07 Å². The molecule has 1 aromatic rings. The second-order valence-corrected chi connectivity index (χ2v) is 2.76. The Bertz CT molecular complexity index is 310. The molecule has 0 heterocycles. The van der Waals surface area contributed by atoms with E-state index in [1.165, 1.54) is 0 Å². The number of rotatable bonds is 3. The summed E-state index contributed by atoms with van der Waals surface area (Å²) in [5.74, 6) is 0.701. The van der Waals surface area contributed by atoms with Crippen LogP contribution in [0.1, 0.15) is 11.6 Å². The third-order valence-electron chi connectivity index (χ3n) is 1.87. The zero-order valence-corrected chi connectivity index (χ0v) is 7.66. The van der Waals surface area contributed by atoms with Gasteiger partial charge in [0.2, 0.25) is 0 Å². The second kappa shape index (κ2) is 3.96. The van der Waals surface area contributed by atoms with E-state index in [1.54, 1.807) is 25.3 Å². The van der Waals surface area contributed by atoms with Crippen molar-refractivity contribution >= 4 is 5.69 Å². The first-order valence-corrected chi connectivity index (χ1v) is 4.00. The van der Waals surface area contributed by atoms with Crippen molar-refractivity contribution in [3.63, 3.8) is 0 Å². The van der Waals surface area contributed by atoms with Crippen LogP contribution in [-0.2, 0) is 0 Å². The fourth-order valence-corrected chi connectivity index (χ4v) is 1.13. The van der Waals surface area contributed by atoms with Crippen molar-refractivity contribution in [1.82, 2.24) is 0 Å². The molecule has 0 saturated heterocycles. The van der Waals surface area contributed by atoms with Gasteiger partial charge in [-0.1, -0.05) is 12.1 Å². The third-order valence-corrected chi connectivity index (χ3v) is 1.87. The standard InChI is InChI=1S/C10H14N2O/c1-3-9(12)8-5-4-7(11)6-10(8)13-2/h3-6,9H,1,11-12H2,2H3. The summed E-state index contributed by atoms with van der Waals surface area (Å²) in [7, 11) is 1.59. The molecule has 0 aliphatic rings. The van der Waals surface area contributed by atoms with Crippen LogP contribution in [0.15, 0.2) is 30.9 Å². The van der Waals surface area contributed by atoms with Gasteiger partial charge in [-0.15, -0.1) is 6.58 Å². The largest absolute Gasteiger partial charge is 0.496 e. The highest BCUT2D eigenvalue weighted by Gasteiger charge is 2.08. The number of hydrogen-bond acceptors (Lipinski definition) is 3. The highest BCUT2D eigenvalue weighted by Crippen LogP contribution is 2.26. The lowest BCUT2D eigenvalue weighted by Crippen LogP contribution is -2.08. The van der Waals surface area contributed by atoms with Crippen LogP contribution in [0.25, 0.3) is 0 Å². The van der Waals surface area contributed by atoms with E-state index in [-0.39, 0.29) is 6.04 Å². The Kier molecular flexibility index (Phi) is 2.93. The summed E-state index contributed by atoms with van der Waals surface area (Å²) in [4.78, 5) is 0. The number of methoxy groups -OCH3 is 1. The first-order valence-electron chi connectivity index (χ1n) is 4.00. The van der Waals surface area contributed by atoms with Crippen LogP contribution in [-0.4, -0.2) is 7.11 Å². The van der Waals surface area contributed by atoms with Crippen LogP contribution >= 0.6 is 0 Å². The lowest BCUT2D eigenvalue weighted by Gasteiger charge is -2.12. The molecule has 1 unspecified atom stereocenters. The van der Waals surface area contributed by atoms with E-state index in [0.717, 1.165) is 5.56 Å². The Labute approximate surface area is 78.0 Å². The van der Waals surface area contributed by atoms with Crippen LogP contribution in [0, 0.1) is 0 Å². The highest BCUT2D eigenvalue weighted by molar-refractivity contribution is 5.50. The molecule has 0 radical (unpaired) electrons. The Morgan fingerprint density at radius 3 is 2.77 bits per heavy atom. The maximum Gasteiger partial charge on any atom is 0.126 e. The van der Waals surface area contributed by atoms with Crippen molar-refractivity contribution in [2.75, 3.05) is 12.8 Å². The molecule has 1 aromatic carbocycles. The summed E-state index contributed by atoms with van der Waals surface area (Å²) in [6.07, 6.45) is 1.66. The van der Waals surface area contributed by atoms with E-state index in [9.17, 15) is 0 Å². The molecular formula is C10H14N2O. The lowest BCUT2D eigenvalue weighted by molar-refractivity contribution is 0.408. The minimum absolute atomic E-state index is 0.212. The SMILES string of the molecule is C=CC(N)c1ccc(N)cc1OC. The Balaban J connectivity index is 3.12. The van der Waals surface area contributed by atoms with Crippen molar-refractivity contribution < 1.29 is 4.74 Å². The van der Waals surface area contributed by atoms with Crippen LogP contribution in [0.5, 0.6) is 5.75 Å². The van der Waals surface area contributed by atoms with Gasteiger partial charge in [0.15, 0.2) is 0 Å². The normalized spacial score (nSPS) is 12.2. The summed E-state index contributed by atoms with van der Waals surface area (Å²) in [5.41, 5.74) is 12.9.